The van der Waals surface area contributed by atoms with Gasteiger partial charge in [0.2, 0.25) is 0 Å². The largest absolute Gasteiger partial charge is 0.505 e. The molecule has 0 spiro atoms. The van der Waals surface area contributed by atoms with Crippen LogP contribution in [0, 0.1) is 13.8 Å². The molecule has 1 atom stereocenters. The Hall–Kier alpha value is -2.49. The van der Waals surface area contributed by atoms with Gasteiger partial charge in [0.05, 0.1) is 18.7 Å². The molecule has 0 radical (unpaired) electrons. The van der Waals surface area contributed by atoms with Crippen molar-refractivity contribution in [3.8, 4) is 5.75 Å². The number of ether oxygens (including phenoxy) is 1. The van der Waals surface area contributed by atoms with Gasteiger partial charge in [0, 0.05) is 5.69 Å². The van der Waals surface area contributed by atoms with E-state index >= 15 is 0 Å². The maximum atomic E-state index is 11.5. The van der Waals surface area contributed by atoms with Gasteiger partial charge >= 0.3 is 5.97 Å². The first-order chi connectivity index (χ1) is 10.4. The number of carbonyl (C=O) groups excluding carboxylic acids is 1. The lowest BCUT2D eigenvalue weighted by atomic mass is 10.0. The average Bonchev–Trinajstić information content (AvgIpc) is 2.54. The van der Waals surface area contributed by atoms with Crippen molar-refractivity contribution in [3.05, 3.63) is 53.1 Å². The molecule has 0 unspecified atom stereocenters. The highest BCUT2D eigenvalue weighted by molar-refractivity contribution is 5.78. The highest BCUT2D eigenvalue weighted by atomic mass is 16.5. The number of anilines is 2. The molecule has 0 heterocycles. The summed E-state index contributed by atoms with van der Waals surface area (Å²) in [5.74, 6) is -0.298. The third kappa shape index (κ3) is 3.22. The number of aryl methyl sites for hydroxylation is 1. The highest BCUT2D eigenvalue weighted by Crippen LogP contribution is 2.32. The van der Waals surface area contributed by atoms with Gasteiger partial charge in [0.1, 0.15) is 5.75 Å². The van der Waals surface area contributed by atoms with Crippen molar-refractivity contribution in [3.63, 3.8) is 0 Å². The molecule has 2 N–H and O–H groups in total. The summed E-state index contributed by atoms with van der Waals surface area (Å²) in [4.78, 5) is 11.5. The van der Waals surface area contributed by atoms with E-state index in [2.05, 4.69) is 5.32 Å². The second-order valence-electron chi connectivity index (χ2n) is 5.40. The molecule has 0 saturated carbocycles. The number of nitrogens with one attached hydrogen (secondary N) is 1. The van der Waals surface area contributed by atoms with Gasteiger partial charge in [-0.3, -0.25) is 4.79 Å². The van der Waals surface area contributed by atoms with Crippen LogP contribution < -0.4 is 5.32 Å². The molecule has 2 aromatic rings. The summed E-state index contributed by atoms with van der Waals surface area (Å²) in [5.41, 5.74) is 4.31. The zero-order chi connectivity index (χ0) is 16.3. The van der Waals surface area contributed by atoms with Crippen molar-refractivity contribution < 1.29 is 14.6 Å². The number of carbonyl (C=O) groups is 1. The normalized spacial score (nSPS) is 11.8. The Morgan fingerprint density at radius 2 is 1.77 bits per heavy atom. The number of aromatic hydroxyl groups is 1. The molecule has 116 valence electrons. The smallest absolute Gasteiger partial charge is 0.312 e. The van der Waals surface area contributed by atoms with E-state index in [1.165, 1.54) is 7.11 Å². The fourth-order valence-electron chi connectivity index (χ4n) is 2.23. The van der Waals surface area contributed by atoms with Crippen LogP contribution in [0.5, 0.6) is 5.75 Å². The Kier molecular flexibility index (Phi) is 4.71. The minimum Gasteiger partial charge on any atom is -0.505 e. The summed E-state index contributed by atoms with van der Waals surface area (Å²) in [6, 6.07) is 11.3. The number of methoxy groups -OCH3 is 1. The van der Waals surface area contributed by atoms with Crippen molar-refractivity contribution >= 4 is 17.3 Å². The van der Waals surface area contributed by atoms with E-state index in [0.29, 0.717) is 5.69 Å². The molecule has 0 aliphatic carbocycles. The quantitative estimate of drug-likeness (QED) is 0.661. The summed E-state index contributed by atoms with van der Waals surface area (Å²) in [7, 11) is 1.39. The molecule has 0 aromatic heterocycles. The van der Waals surface area contributed by atoms with E-state index < -0.39 is 0 Å². The minimum absolute atomic E-state index is 0.256. The lowest BCUT2D eigenvalue weighted by Gasteiger charge is -2.13. The lowest BCUT2D eigenvalue weighted by Crippen LogP contribution is -2.10. The van der Waals surface area contributed by atoms with Crippen LogP contribution in [0.4, 0.5) is 11.4 Å². The van der Waals surface area contributed by atoms with Gasteiger partial charge < -0.3 is 15.2 Å². The molecule has 0 aliphatic rings. The zero-order valence-electron chi connectivity index (χ0n) is 13.3. The van der Waals surface area contributed by atoms with Crippen LogP contribution in [0.3, 0.4) is 0 Å². The van der Waals surface area contributed by atoms with Gasteiger partial charge in [-0.25, -0.2) is 0 Å². The van der Waals surface area contributed by atoms with Crippen LogP contribution >= 0.6 is 0 Å². The van der Waals surface area contributed by atoms with E-state index in [9.17, 15) is 9.90 Å². The first-order valence-corrected chi connectivity index (χ1v) is 7.18. The van der Waals surface area contributed by atoms with Crippen LogP contribution in [0.2, 0.25) is 0 Å². The maximum Gasteiger partial charge on any atom is 0.312 e. The van der Waals surface area contributed by atoms with Crippen LogP contribution in [-0.4, -0.2) is 18.2 Å². The Labute approximate surface area is 130 Å². The molecule has 4 nitrogen and oxygen atoms in total. The van der Waals surface area contributed by atoms with E-state index in [-0.39, 0.29) is 17.6 Å². The number of phenols is 1. The summed E-state index contributed by atoms with van der Waals surface area (Å²) in [5, 5.41) is 13.3. The molecule has 0 saturated heterocycles. The molecule has 0 bridgehead atoms. The Morgan fingerprint density at radius 3 is 2.36 bits per heavy atom. The number of hydrogen-bond donors (Lipinski definition) is 2. The molecule has 0 amide bonds. The first-order valence-electron chi connectivity index (χ1n) is 7.18. The van der Waals surface area contributed by atoms with Crippen molar-refractivity contribution in [1.82, 2.24) is 0 Å². The van der Waals surface area contributed by atoms with Gasteiger partial charge in [-0.15, -0.1) is 0 Å². The third-order valence-electron chi connectivity index (χ3n) is 3.95. The van der Waals surface area contributed by atoms with Crippen LogP contribution in [0.15, 0.2) is 36.4 Å². The topological polar surface area (TPSA) is 58.6 Å². The number of benzene rings is 2. The van der Waals surface area contributed by atoms with Crippen molar-refractivity contribution in [2.24, 2.45) is 0 Å². The summed E-state index contributed by atoms with van der Waals surface area (Å²) in [6.07, 6.45) is 0. The van der Waals surface area contributed by atoms with Crippen molar-refractivity contribution in [2.75, 3.05) is 12.4 Å². The van der Waals surface area contributed by atoms with Gasteiger partial charge in [0.15, 0.2) is 0 Å². The van der Waals surface area contributed by atoms with Gasteiger partial charge in [0.25, 0.3) is 0 Å². The fraction of sp³-hybridized carbons (Fsp3) is 0.278. The number of hydrogen-bond acceptors (Lipinski definition) is 4. The summed E-state index contributed by atoms with van der Waals surface area (Å²) >= 11 is 0. The number of rotatable bonds is 4. The number of phenolic OH excluding ortho intramolecular Hbond substituents is 1. The number of esters is 1. The predicted molar refractivity (Wildman–Crippen MR) is 87.7 cm³/mol. The maximum absolute atomic E-state index is 11.5. The van der Waals surface area contributed by atoms with Gasteiger partial charge in [-0.2, -0.15) is 0 Å². The zero-order valence-corrected chi connectivity index (χ0v) is 13.3. The van der Waals surface area contributed by atoms with Gasteiger partial charge in [-0.05, 0) is 55.7 Å². The van der Waals surface area contributed by atoms with Crippen LogP contribution in [0.25, 0.3) is 0 Å². The molecule has 0 fully saturated rings. The predicted octanol–water partition coefficient (Wildman–Crippen LogP) is 4.03. The SMILES string of the molecule is COC(=O)[C@H](C)c1ccc(Nc2ccc(C)c(C)c2O)cc1. The Bertz CT molecular complexity index is 677. The average molecular weight is 299 g/mol. The van der Waals surface area contributed by atoms with Crippen molar-refractivity contribution in [2.45, 2.75) is 26.7 Å². The standard InChI is InChI=1S/C18H21NO3/c1-11-5-10-16(17(20)12(11)2)19-15-8-6-14(7-9-15)13(3)18(21)22-4/h5-10,13,19-20H,1-4H3/t13-/m1/s1. The van der Waals surface area contributed by atoms with Crippen molar-refractivity contribution in [1.29, 1.82) is 0 Å². The second kappa shape index (κ2) is 6.52. The molecular weight excluding hydrogens is 278 g/mol. The second-order valence-corrected chi connectivity index (χ2v) is 5.40. The molecule has 2 rings (SSSR count). The molecule has 22 heavy (non-hydrogen) atoms. The molecular formula is C18H21NO3. The van der Waals surface area contributed by atoms with Gasteiger partial charge in [-0.1, -0.05) is 18.2 Å². The summed E-state index contributed by atoms with van der Waals surface area (Å²) in [6.45, 7) is 5.66. The molecule has 4 heteroatoms. The molecule has 0 aliphatic heterocycles. The highest BCUT2D eigenvalue weighted by Gasteiger charge is 2.15. The van der Waals surface area contributed by atoms with E-state index in [0.717, 1.165) is 22.4 Å². The van der Waals surface area contributed by atoms with E-state index in [1.807, 2.05) is 57.2 Å². The van der Waals surface area contributed by atoms with E-state index in [4.69, 9.17) is 4.74 Å². The van der Waals surface area contributed by atoms with E-state index in [1.54, 1.807) is 0 Å². The monoisotopic (exact) mass is 299 g/mol. The fourth-order valence-corrected chi connectivity index (χ4v) is 2.23. The minimum atomic E-state index is -0.297. The summed E-state index contributed by atoms with van der Waals surface area (Å²) < 4.78 is 4.74. The first kappa shape index (κ1) is 15.9. The molecule has 2 aromatic carbocycles. The Balaban J connectivity index is 2.19. The third-order valence-corrected chi connectivity index (χ3v) is 3.95. The van der Waals surface area contributed by atoms with Crippen LogP contribution in [0.1, 0.15) is 29.5 Å². The van der Waals surface area contributed by atoms with Crippen LogP contribution in [-0.2, 0) is 9.53 Å². The Morgan fingerprint density at radius 1 is 1.14 bits per heavy atom. The lowest BCUT2D eigenvalue weighted by molar-refractivity contribution is -0.141.